The Labute approximate surface area is 103 Å². The molecule has 1 aliphatic heterocycles. The van der Waals surface area contributed by atoms with Crippen molar-refractivity contribution in [1.82, 2.24) is 9.78 Å². The lowest BCUT2D eigenvalue weighted by molar-refractivity contribution is 0.0932. The minimum atomic E-state index is 0.0175. The molecule has 2 aromatic heterocycles. The Balaban J connectivity index is 1.83. The van der Waals surface area contributed by atoms with E-state index in [4.69, 9.17) is 4.74 Å². The Morgan fingerprint density at radius 2 is 2.53 bits per heavy atom. The Hall–Kier alpha value is -1.33. The van der Waals surface area contributed by atoms with E-state index in [1.54, 1.807) is 22.1 Å². The van der Waals surface area contributed by atoms with Crippen LogP contribution in [0.5, 0.6) is 0 Å². The van der Waals surface area contributed by atoms with E-state index < -0.39 is 0 Å². The summed E-state index contributed by atoms with van der Waals surface area (Å²) in [6, 6.07) is 5.64. The van der Waals surface area contributed by atoms with E-state index in [2.05, 4.69) is 5.10 Å². The van der Waals surface area contributed by atoms with Crippen molar-refractivity contribution in [2.45, 2.75) is 25.5 Å². The Kier molecular flexibility index (Phi) is 2.86. The van der Waals surface area contributed by atoms with Crippen molar-refractivity contribution in [3.8, 4) is 10.6 Å². The van der Waals surface area contributed by atoms with Gasteiger partial charge in [0, 0.05) is 12.7 Å². The summed E-state index contributed by atoms with van der Waals surface area (Å²) in [6.45, 7) is 1.45. The van der Waals surface area contributed by atoms with Crippen molar-refractivity contribution in [3.05, 3.63) is 33.9 Å². The lowest BCUT2D eigenvalue weighted by Gasteiger charge is -2.08. The summed E-state index contributed by atoms with van der Waals surface area (Å²) in [6.07, 6.45) is 2.32. The lowest BCUT2D eigenvalue weighted by atomic mass is 10.2. The number of ether oxygens (including phenoxy) is 1. The molecule has 1 saturated heterocycles. The number of rotatable bonds is 3. The predicted molar refractivity (Wildman–Crippen MR) is 67.3 cm³/mol. The van der Waals surface area contributed by atoms with Gasteiger partial charge in [0.15, 0.2) is 0 Å². The number of H-pyrrole nitrogens is 1. The molecule has 3 heterocycles. The van der Waals surface area contributed by atoms with Gasteiger partial charge in [0.25, 0.3) is 5.56 Å². The smallest absolute Gasteiger partial charge is 0.267 e. The molecule has 1 aliphatic rings. The van der Waals surface area contributed by atoms with E-state index >= 15 is 0 Å². The molecular weight excluding hydrogens is 236 g/mol. The molecule has 0 spiro atoms. The molecule has 0 unspecified atom stereocenters. The molecule has 0 aromatic carbocycles. The van der Waals surface area contributed by atoms with E-state index in [0.29, 0.717) is 6.54 Å². The number of aromatic nitrogens is 2. The normalized spacial score (nSPS) is 19.9. The average Bonchev–Trinajstić information content (AvgIpc) is 3.02. The minimum absolute atomic E-state index is 0.0175. The fraction of sp³-hybridized carbons (Fsp3) is 0.417. The molecule has 3 rings (SSSR count). The minimum Gasteiger partial charge on any atom is -0.376 e. The summed E-state index contributed by atoms with van der Waals surface area (Å²) in [5, 5.41) is 5.15. The zero-order chi connectivity index (χ0) is 11.7. The standard InChI is InChI=1S/C12H14N2O2S/c15-12-7-10(11-4-2-6-17-11)13-14(12)8-9-3-1-5-16-9/h2,4,6-7,9,13H,1,3,5,8H2/t9-/m0/s1. The average molecular weight is 250 g/mol. The zero-order valence-corrected chi connectivity index (χ0v) is 10.2. The monoisotopic (exact) mass is 250 g/mol. The van der Waals surface area contributed by atoms with Crippen LogP contribution >= 0.6 is 11.3 Å². The molecule has 2 aromatic rings. The third-order valence-corrected chi connectivity index (χ3v) is 3.89. The third-order valence-electron chi connectivity index (χ3n) is 2.99. The lowest BCUT2D eigenvalue weighted by Crippen LogP contribution is -2.24. The van der Waals surface area contributed by atoms with E-state index in [1.807, 2.05) is 17.5 Å². The van der Waals surface area contributed by atoms with Crippen LogP contribution in [0.15, 0.2) is 28.4 Å². The maximum atomic E-state index is 11.8. The topological polar surface area (TPSA) is 47.0 Å². The van der Waals surface area contributed by atoms with Crippen LogP contribution in [0.1, 0.15) is 12.8 Å². The van der Waals surface area contributed by atoms with Crippen LogP contribution in [0, 0.1) is 0 Å². The second kappa shape index (κ2) is 4.50. The molecule has 0 saturated carbocycles. The van der Waals surface area contributed by atoms with Gasteiger partial charge in [-0.1, -0.05) is 6.07 Å². The summed E-state index contributed by atoms with van der Waals surface area (Å²) >= 11 is 1.63. The summed E-state index contributed by atoms with van der Waals surface area (Å²) in [5.41, 5.74) is 0.909. The van der Waals surface area contributed by atoms with E-state index in [-0.39, 0.29) is 11.7 Å². The highest BCUT2D eigenvalue weighted by Gasteiger charge is 2.17. The first-order chi connectivity index (χ1) is 8.33. The number of aromatic amines is 1. The van der Waals surface area contributed by atoms with Crippen LogP contribution in [0.2, 0.25) is 0 Å². The predicted octanol–water partition coefficient (Wildman–Crippen LogP) is 2.08. The number of thiophene rings is 1. The summed E-state index contributed by atoms with van der Waals surface area (Å²) in [7, 11) is 0. The summed E-state index contributed by atoms with van der Waals surface area (Å²) < 4.78 is 7.18. The van der Waals surface area contributed by atoms with Gasteiger partial charge in [-0.2, -0.15) is 0 Å². The maximum Gasteiger partial charge on any atom is 0.267 e. The van der Waals surface area contributed by atoms with Crippen molar-refractivity contribution in [3.63, 3.8) is 0 Å². The van der Waals surface area contributed by atoms with Crippen molar-refractivity contribution in [2.75, 3.05) is 6.61 Å². The van der Waals surface area contributed by atoms with Gasteiger partial charge in [-0.25, -0.2) is 0 Å². The number of nitrogens with one attached hydrogen (secondary N) is 1. The largest absolute Gasteiger partial charge is 0.376 e. The fourth-order valence-electron chi connectivity index (χ4n) is 2.12. The summed E-state index contributed by atoms with van der Waals surface area (Å²) in [4.78, 5) is 12.9. The van der Waals surface area contributed by atoms with Gasteiger partial charge in [0.2, 0.25) is 0 Å². The number of hydrogen-bond acceptors (Lipinski definition) is 3. The van der Waals surface area contributed by atoms with Gasteiger partial charge in [0.1, 0.15) is 0 Å². The molecule has 17 heavy (non-hydrogen) atoms. The maximum absolute atomic E-state index is 11.8. The van der Waals surface area contributed by atoms with Gasteiger partial charge < -0.3 is 4.74 Å². The highest BCUT2D eigenvalue weighted by Crippen LogP contribution is 2.21. The molecule has 1 N–H and O–H groups in total. The molecule has 5 heteroatoms. The van der Waals surface area contributed by atoms with E-state index in [0.717, 1.165) is 30.0 Å². The van der Waals surface area contributed by atoms with Crippen LogP contribution in [0.4, 0.5) is 0 Å². The molecule has 0 amide bonds. The Morgan fingerprint density at radius 1 is 1.59 bits per heavy atom. The zero-order valence-electron chi connectivity index (χ0n) is 9.39. The van der Waals surface area contributed by atoms with Crippen molar-refractivity contribution < 1.29 is 4.74 Å². The van der Waals surface area contributed by atoms with E-state index in [1.165, 1.54) is 0 Å². The Morgan fingerprint density at radius 3 is 3.24 bits per heavy atom. The quantitative estimate of drug-likeness (QED) is 0.906. The van der Waals surface area contributed by atoms with Gasteiger partial charge in [-0.05, 0) is 24.3 Å². The highest BCUT2D eigenvalue weighted by atomic mass is 32.1. The first kappa shape index (κ1) is 10.8. The first-order valence-electron chi connectivity index (χ1n) is 5.78. The number of nitrogens with zero attached hydrogens (tertiary/aromatic N) is 1. The van der Waals surface area contributed by atoms with E-state index in [9.17, 15) is 4.79 Å². The van der Waals surface area contributed by atoms with Crippen molar-refractivity contribution in [2.24, 2.45) is 0 Å². The number of hydrogen-bond donors (Lipinski definition) is 1. The van der Waals surface area contributed by atoms with Crippen molar-refractivity contribution in [1.29, 1.82) is 0 Å². The second-order valence-corrected chi connectivity index (χ2v) is 5.18. The van der Waals surface area contributed by atoms with Gasteiger partial charge in [-0.15, -0.1) is 11.3 Å². The van der Waals surface area contributed by atoms with Gasteiger partial charge >= 0.3 is 0 Å². The second-order valence-electron chi connectivity index (χ2n) is 4.23. The Bertz CT molecular complexity index is 535. The van der Waals surface area contributed by atoms with Crippen LogP contribution in [0.25, 0.3) is 10.6 Å². The summed E-state index contributed by atoms with van der Waals surface area (Å²) in [5.74, 6) is 0. The molecule has 90 valence electrons. The highest BCUT2D eigenvalue weighted by molar-refractivity contribution is 7.13. The van der Waals surface area contributed by atoms with Crippen molar-refractivity contribution >= 4 is 11.3 Å². The van der Waals surface area contributed by atoms with Crippen LogP contribution in [-0.4, -0.2) is 22.5 Å². The SMILES string of the molecule is O=c1cc(-c2cccs2)[nH]n1C[C@@H]1CCCO1. The molecule has 1 atom stereocenters. The van der Waals surface area contributed by atoms with Gasteiger partial charge in [-0.3, -0.25) is 14.6 Å². The van der Waals surface area contributed by atoms with Crippen LogP contribution < -0.4 is 5.56 Å². The molecular formula is C12H14N2O2S. The van der Waals surface area contributed by atoms with Crippen LogP contribution in [0.3, 0.4) is 0 Å². The van der Waals surface area contributed by atoms with Gasteiger partial charge in [0.05, 0.1) is 23.2 Å². The van der Waals surface area contributed by atoms with Crippen LogP contribution in [-0.2, 0) is 11.3 Å². The third kappa shape index (κ3) is 2.21. The fourth-order valence-corrected chi connectivity index (χ4v) is 2.81. The molecule has 1 fully saturated rings. The molecule has 4 nitrogen and oxygen atoms in total. The molecule has 0 aliphatic carbocycles. The molecule has 0 bridgehead atoms. The molecule has 0 radical (unpaired) electrons. The first-order valence-corrected chi connectivity index (χ1v) is 6.66.